The molecule has 0 aromatic heterocycles. The van der Waals surface area contributed by atoms with Gasteiger partial charge in [-0.25, -0.2) is 0 Å². The molecular formula is C29H18N4O10. The first-order valence-corrected chi connectivity index (χ1v) is 12.3. The molecule has 2 aliphatic heterocycles. The fourth-order valence-electron chi connectivity index (χ4n) is 4.16. The van der Waals surface area contributed by atoms with Crippen molar-refractivity contribution < 1.29 is 38.5 Å². The van der Waals surface area contributed by atoms with Crippen molar-refractivity contribution in [3.8, 4) is 23.0 Å². The van der Waals surface area contributed by atoms with E-state index in [2.05, 4.69) is 5.32 Å². The van der Waals surface area contributed by atoms with Gasteiger partial charge in [0.25, 0.3) is 35.0 Å². The lowest BCUT2D eigenvalue weighted by Gasteiger charge is -2.06. The van der Waals surface area contributed by atoms with E-state index in [4.69, 9.17) is 9.47 Å². The Morgan fingerprint density at radius 3 is 1.44 bits per heavy atom. The molecular weight excluding hydrogens is 564 g/mol. The van der Waals surface area contributed by atoms with Crippen molar-refractivity contribution >= 4 is 35.0 Å². The van der Waals surface area contributed by atoms with Crippen molar-refractivity contribution in [1.82, 2.24) is 10.2 Å². The van der Waals surface area contributed by atoms with E-state index in [1.54, 1.807) is 12.1 Å². The number of carbonyl (C=O) groups excluding carboxylic acids is 4. The predicted molar refractivity (Wildman–Crippen MR) is 147 cm³/mol. The molecule has 0 saturated heterocycles. The Hall–Kier alpha value is -6.44. The maximum Gasteiger partial charge on any atom is 0.269 e. The van der Waals surface area contributed by atoms with Crippen molar-refractivity contribution in [3.63, 3.8) is 0 Å². The van der Waals surface area contributed by atoms with Gasteiger partial charge < -0.3 is 9.47 Å². The summed E-state index contributed by atoms with van der Waals surface area (Å²) in [6.45, 7) is 0. The van der Waals surface area contributed by atoms with Crippen molar-refractivity contribution in [1.29, 1.82) is 0 Å². The molecule has 0 saturated carbocycles. The number of rotatable bonds is 6. The predicted octanol–water partition coefficient (Wildman–Crippen LogP) is 4.88. The molecule has 1 N–H and O–H groups in total. The van der Waals surface area contributed by atoms with Gasteiger partial charge in [-0.3, -0.25) is 49.6 Å². The Morgan fingerprint density at radius 2 is 0.953 bits per heavy atom. The van der Waals surface area contributed by atoms with E-state index in [1.165, 1.54) is 79.8 Å². The molecule has 0 bridgehead atoms. The van der Waals surface area contributed by atoms with Gasteiger partial charge in [-0.05, 0) is 60.7 Å². The highest BCUT2D eigenvalue weighted by Gasteiger charge is 2.33. The maximum absolute atomic E-state index is 11.9. The van der Waals surface area contributed by atoms with E-state index in [9.17, 15) is 39.4 Å². The second-order valence-corrected chi connectivity index (χ2v) is 9.07. The van der Waals surface area contributed by atoms with Crippen molar-refractivity contribution in [2.45, 2.75) is 0 Å². The summed E-state index contributed by atoms with van der Waals surface area (Å²) in [7, 11) is 1.42. The largest absolute Gasteiger partial charge is 0.457 e. The van der Waals surface area contributed by atoms with Crippen molar-refractivity contribution in [2.75, 3.05) is 7.05 Å². The van der Waals surface area contributed by atoms with Gasteiger partial charge in [0, 0.05) is 31.3 Å². The van der Waals surface area contributed by atoms with Gasteiger partial charge in [0.15, 0.2) is 0 Å². The van der Waals surface area contributed by atoms with Gasteiger partial charge >= 0.3 is 0 Å². The third-order valence-electron chi connectivity index (χ3n) is 6.33. The quantitative estimate of drug-likeness (QED) is 0.186. The lowest BCUT2D eigenvalue weighted by atomic mass is 10.1. The molecule has 14 nitrogen and oxygen atoms in total. The molecule has 4 aromatic carbocycles. The number of amides is 4. The SMILES string of the molecule is CN1C(=O)c2ccc(Oc3ccc([N+](=O)[O-])cc3)cc2C1=O.O=C1NC(=O)c2cc(Oc3ccc([N+](=O)[O-])cc3)ccc21. The van der Waals surface area contributed by atoms with Crippen LogP contribution in [-0.4, -0.2) is 45.4 Å². The van der Waals surface area contributed by atoms with Crippen molar-refractivity contribution in [3.05, 3.63) is 127 Å². The number of fused-ring (bicyclic) bond motifs is 2. The topological polar surface area (TPSA) is 188 Å². The van der Waals surface area contributed by atoms with Crippen LogP contribution in [0.15, 0.2) is 84.9 Å². The third-order valence-corrected chi connectivity index (χ3v) is 6.33. The third kappa shape index (κ3) is 5.74. The van der Waals surface area contributed by atoms with Gasteiger partial charge in [-0.2, -0.15) is 0 Å². The summed E-state index contributed by atoms with van der Waals surface area (Å²) in [6, 6.07) is 20.2. The number of hydrogen-bond acceptors (Lipinski definition) is 10. The molecule has 0 atom stereocenters. The van der Waals surface area contributed by atoms with Crippen LogP contribution in [0.4, 0.5) is 11.4 Å². The van der Waals surface area contributed by atoms with E-state index in [0.717, 1.165) is 4.90 Å². The Bertz CT molecular complexity index is 1840. The van der Waals surface area contributed by atoms with Crippen LogP contribution < -0.4 is 14.8 Å². The van der Waals surface area contributed by atoms with Crippen molar-refractivity contribution in [2.24, 2.45) is 0 Å². The second-order valence-electron chi connectivity index (χ2n) is 9.07. The van der Waals surface area contributed by atoms with Crippen LogP contribution >= 0.6 is 0 Å². The molecule has 214 valence electrons. The molecule has 4 aromatic rings. The first-order valence-electron chi connectivity index (χ1n) is 12.3. The van der Waals surface area contributed by atoms with Gasteiger partial charge in [-0.1, -0.05) is 0 Å². The van der Waals surface area contributed by atoms with Gasteiger partial charge in [-0.15, -0.1) is 0 Å². The van der Waals surface area contributed by atoms with Gasteiger partial charge in [0.1, 0.15) is 23.0 Å². The molecule has 0 aliphatic carbocycles. The fraction of sp³-hybridized carbons (Fsp3) is 0.0345. The summed E-state index contributed by atoms with van der Waals surface area (Å²) >= 11 is 0. The summed E-state index contributed by atoms with van der Waals surface area (Å²) < 4.78 is 11.1. The number of nitro groups is 2. The zero-order chi connectivity index (χ0) is 30.8. The number of ether oxygens (including phenoxy) is 2. The number of nitrogens with one attached hydrogen (secondary N) is 1. The number of nitro benzene ring substituents is 2. The van der Waals surface area contributed by atoms with Crippen LogP contribution in [0.25, 0.3) is 0 Å². The van der Waals surface area contributed by atoms with Crippen LogP contribution in [0.1, 0.15) is 41.4 Å². The van der Waals surface area contributed by atoms with Crippen LogP contribution in [-0.2, 0) is 0 Å². The number of carbonyl (C=O) groups is 4. The lowest BCUT2D eigenvalue weighted by molar-refractivity contribution is -0.385. The van der Waals surface area contributed by atoms with E-state index in [1.807, 2.05) is 0 Å². The highest BCUT2D eigenvalue weighted by atomic mass is 16.6. The maximum atomic E-state index is 11.9. The Balaban J connectivity index is 0.000000171. The first-order chi connectivity index (χ1) is 20.5. The molecule has 4 amide bonds. The molecule has 0 fully saturated rings. The van der Waals surface area contributed by atoms with E-state index < -0.39 is 21.7 Å². The Kier molecular flexibility index (Phi) is 7.32. The minimum absolute atomic E-state index is 0.0382. The lowest BCUT2D eigenvalue weighted by Crippen LogP contribution is -2.24. The standard InChI is InChI=1S/C15H10N2O5.C14H8N2O5/c1-16-14(18)12-7-6-11(8-13(12)15(16)19)22-10-4-2-9(3-5-10)17(20)21;17-13-11-6-5-10(7-12(11)14(18)15-13)21-9-3-1-8(2-4-9)16(19)20/h2-8H,1H3;1-7H,(H,15,17,18). The summed E-state index contributed by atoms with van der Waals surface area (Å²) in [5.74, 6) is -0.0884. The summed E-state index contributed by atoms with van der Waals surface area (Å²) in [6.07, 6.45) is 0. The minimum Gasteiger partial charge on any atom is -0.457 e. The number of benzene rings is 4. The molecule has 0 radical (unpaired) electrons. The summed E-state index contributed by atoms with van der Waals surface area (Å²) in [5, 5.41) is 23.3. The highest BCUT2D eigenvalue weighted by molar-refractivity contribution is 6.22. The molecule has 0 spiro atoms. The normalized spacial score (nSPS) is 13.0. The number of non-ortho nitro benzene ring substituents is 2. The monoisotopic (exact) mass is 582 g/mol. The van der Waals surface area contributed by atoms with Gasteiger partial charge in [0.05, 0.1) is 32.1 Å². The zero-order valence-corrected chi connectivity index (χ0v) is 22.0. The molecule has 0 unspecified atom stereocenters. The number of imide groups is 2. The average molecular weight is 582 g/mol. The zero-order valence-electron chi connectivity index (χ0n) is 22.0. The number of nitrogens with zero attached hydrogens (tertiary/aromatic N) is 3. The summed E-state index contributed by atoms with van der Waals surface area (Å²) in [5.41, 5.74) is 1.09. The molecule has 2 heterocycles. The smallest absolute Gasteiger partial charge is 0.269 e. The van der Waals surface area contributed by atoms with Crippen LogP contribution in [0.2, 0.25) is 0 Å². The van der Waals surface area contributed by atoms with Crippen LogP contribution in [0.3, 0.4) is 0 Å². The van der Waals surface area contributed by atoms with E-state index >= 15 is 0 Å². The van der Waals surface area contributed by atoms with Gasteiger partial charge in [0.2, 0.25) is 0 Å². The Morgan fingerprint density at radius 1 is 0.558 bits per heavy atom. The molecule has 6 rings (SSSR count). The Labute approximate surface area is 241 Å². The van der Waals surface area contributed by atoms with Crippen LogP contribution in [0.5, 0.6) is 23.0 Å². The first kappa shape index (κ1) is 28.1. The van der Waals surface area contributed by atoms with E-state index in [-0.39, 0.29) is 34.3 Å². The molecule has 43 heavy (non-hydrogen) atoms. The van der Waals surface area contributed by atoms with E-state index in [0.29, 0.717) is 34.1 Å². The average Bonchev–Trinajstić information content (AvgIpc) is 3.39. The summed E-state index contributed by atoms with van der Waals surface area (Å²) in [4.78, 5) is 67.8. The molecule has 2 aliphatic rings. The number of hydrogen-bond donors (Lipinski definition) is 1. The molecule has 14 heteroatoms. The minimum atomic E-state index is -0.505. The van der Waals surface area contributed by atoms with Crippen LogP contribution in [0, 0.1) is 20.2 Å². The second kappa shape index (κ2) is 11.2. The highest BCUT2D eigenvalue weighted by Crippen LogP contribution is 2.30. The fourth-order valence-corrected chi connectivity index (χ4v) is 4.16.